The molecule has 0 saturated carbocycles. The summed E-state index contributed by atoms with van der Waals surface area (Å²) in [5.41, 5.74) is 10.2. The molecule has 1 amide bonds. The topological polar surface area (TPSA) is 82.8 Å². The number of carbonyl (C=O) groups excluding carboxylic acids is 1. The lowest BCUT2D eigenvalue weighted by atomic mass is 9.98. The Hall–Kier alpha value is -2.41. The van der Waals surface area contributed by atoms with Gasteiger partial charge in [-0.1, -0.05) is 48.5 Å². The number of nitrogens with two attached hydrogens (primary N) is 1. The number of hydrogen-bond donors (Lipinski definition) is 2. The smallest absolute Gasteiger partial charge is 0.407 e. The molecule has 2 aromatic rings. The highest BCUT2D eigenvalue weighted by atomic mass is 16.5. The predicted octanol–water partition coefficient (Wildman–Crippen LogP) is 2.52. The Morgan fingerprint density at radius 2 is 1.48 bits per heavy atom. The lowest BCUT2D eigenvalue weighted by Crippen LogP contribution is -2.29. The number of fused-ring (bicyclic) bond motifs is 3. The van der Waals surface area contributed by atoms with Gasteiger partial charge in [0.25, 0.3) is 0 Å². The van der Waals surface area contributed by atoms with Crippen LogP contribution in [0.5, 0.6) is 0 Å². The maximum atomic E-state index is 12.0. The van der Waals surface area contributed by atoms with Gasteiger partial charge in [-0.15, -0.1) is 0 Å². The second-order valence-electron chi connectivity index (χ2n) is 6.27. The molecule has 6 heteroatoms. The van der Waals surface area contributed by atoms with E-state index < -0.39 is 6.09 Å². The third-order valence-corrected chi connectivity index (χ3v) is 4.49. The number of ether oxygens (including phenoxy) is 3. The van der Waals surface area contributed by atoms with Gasteiger partial charge >= 0.3 is 6.09 Å². The summed E-state index contributed by atoms with van der Waals surface area (Å²) >= 11 is 0. The van der Waals surface area contributed by atoms with E-state index in [1.807, 2.05) is 24.3 Å². The van der Waals surface area contributed by atoms with Gasteiger partial charge in [-0.05, 0) is 22.3 Å². The summed E-state index contributed by atoms with van der Waals surface area (Å²) in [6.07, 6.45) is -0.431. The molecule has 27 heavy (non-hydrogen) atoms. The van der Waals surface area contributed by atoms with E-state index in [1.54, 1.807) is 0 Å². The average molecular weight is 370 g/mol. The van der Waals surface area contributed by atoms with E-state index in [-0.39, 0.29) is 5.92 Å². The van der Waals surface area contributed by atoms with Gasteiger partial charge in [0, 0.05) is 19.0 Å². The first-order chi connectivity index (χ1) is 13.3. The first kappa shape index (κ1) is 19.4. The van der Waals surface area contributed by atoms with Crippen molar-refractivity contribution in [2.75, 3.05) is 46.1 Å². The van der Waals surface area contributed by atoms with Gasteiger partial charge in [0.2, 0.25) is 0 Å². The van der Waals surface area contributed by atoms with Crippen LogP contribution in [0.15, 0.2) is 48.5 Å². The zero-order chi connectivity index (χ0) is 18.9. The van der Waals surface area contributed by atoms with Crippen LogP contribution >= 0.6 is 0 Å². The molecule has 0 radical (unpaired) electrons. The number of carbonyl (C=O) groups is 1. The van der Waals surface area contributed by atoms with Crippen LogP contribution < -0.4 is 11.1 Å². The van der Waals surface area contributed by atoms with Gasteiger partial charge in [-0.2, -0.15) is 0 Å². The van der Waals surface area contributed by atoms with Crippen LogP contribution in [0.3, 0.4) is 0 Å². The van der Waals surface area contributed by atoms with Crippen molar-refractivity contribution in [3.05, 3.63) is 59.7 Å². The molecule has 3 N–H and O–H groups in total. The standard InChI is InChI=1S/C21H26N2O4/c22-9-11-25-13-14-26-12-10-23-21(24)27-15-20-18-7-3-1-5-16(18)17-6-2-4-8-19(17)20/h1-8,20H,9-15,22H2,(H,23,24). The summed E-state index contributed by atoms with van der Waals surface area (Å²) in [5.74, 6) is 0.0686. The van der Waals surface area contributed by atoms with Crippen molar-refractivity contribution in [2.24, 2.45) is 5.73 Å². The molecule has 2 aromatic carbocycles. The Labute approximate surface area is 159 Å². The third kappa shape index (κ3) is 5.07. The van der Waals surface area contributed by atoms with Gasteiger partial charge in [0.15, 0.2) is 0 Å². The van der Waals surface area contributed by atoms with E-state index >= 15 is 0 Å². The molecule has 0 fully saturated rings. The normalized spacial score (nSPS) is 12.5. The lowest BCUT2D eigenvalue weighted by molar-refractivity contribution is 0.0512. The Kier molecular flexibility index (Phi) is 7.21. The van der Waals surface area contributed by atoms with Gasteiger partial charge in [-0.25, -0.2) is 4.79 Å². The zero-order valence-electron chi connectivity index (χ0n) is 15.4. The van der Waals surface area contributed by atoms with E-state index in [1.165, 1.54) is 22.3 Å². The van der Waals surface area contributed by atoms with Crippen LogP contribution in [-0.2, 0) is 14.2 Å². The highest BCUT2D eigenvalue weighted by Crippen LogP contribution is 2.44. The number of nitrogens with one attached hydrogen (secondary N) is 1. The first-order valence-electron chi connectivity index (χ1n) is 9.25. The van der Waals surface area contributed by atoms with Crippen molar-refractivity contribution >= 4 is 6.09 Å². The van der Waals surface area contributed by atoms with Gasteiger partial charge in [-0.3, -0.25) is 0 Å². The fourth-order valence-electron chi connectivity index (χ4n) is 3.28. The van der Waals surface area contributed by atoms with Crippen molar-refractivity contribution in [2.45, 2.75) is 5.92 Å². The van der Waals surface area contributed by atoms with Gasteiger partial charge < -0.3 is 25.3 Å². The highest BCUT2D eigenvalue weighted by molar-refractivity contribution is 5.79. The van der Waals surface area contributed by atoms with E-state index in [0.717, 1.165) is 0 Å². The predicted molar refractivity (Wildman–Crippen MR) is 104 cm³/mol. The molecule has 3 rings (SSSR count). The summed E-state index contributed by atoms with van der Waals surface area (Å²) in [6, 6.07) is 16.5. The number of benzene rings is 2. The molecule has 0 aliphatic heterocycles. The number of amides is 1. The van der Waals surface area contributed by atoms with Crippen molar-refractivity contribution in [1.29, 1.82) is 0 Å². The number of alkyl carbamates (subject to hydrolysis) is 1. The summed E-state index contributed by atoms with van der Waals surface area (Å²) in [7, 11) is 0. The van der Waals surface area contributed by atoms with Crippen LogP contribution in [0.25, 0.3) is 11.1 Å². The first-order valence-corrected chi connectivity index (χ1v) is 9.25. The lowest BCUT2D eigenvalue weighted by Gasteiger charge is -2.14. The highest BCUT2D eigenvalue weighted by Gasteiger charge is 2.28. The molecular weight excluding hydrogens is 344 g/mol. The molecule has 1 aliphatic rings. The minimum Gasteiger partial charge on any atom is -0.449 e. The molecule has 6 nitrogen and oxygen atoms in total. The molecule has 1 aliphatic carbocycles. The maximum Gasteiger partial charge on any atom is 0.407 e. The second-order valence-corrected chi connectivity index (χ2v) is 6.27. The van der Waals surface area contributed by atoms with Crippen molar-refractivity contribution in [3.63, 3.8) is 0 Å². The molecular formula is C21H26N2O4. The third-order valence-electron chi connectivity index (χ3n) is 4.49. The second kappa shape index (κ2) is 10.1. The molecule has 0 saturated heterocycles. The van der Waals surface area contributed by atoms with Crippen LogP contribution in [0.2, 0.25) is 0 Å². The van der Waals surface area contributed by atoms with Crippen LogP contribution in [0, 0.1) is 0 Å². The van der Waals surface area contributed by atoms with Crippen LogP contribution in [0.4, 0.5) is 4.79 Å². The summed E-state index contributed by atoms with van der Waals surface area (Å²) in [5, 5.41) is 2.71. The van der Waals surface area contributed by atoms with Crippen molar-refractivity contribution in [3.8, 4) is 11.1 Å². The number of hydrogen-bond acceptors (Lipinski definition) is 5. The van der Waals surface area contributed by atoms with E-state index in [2.05, 4.69) is 29.6 Å². The van der Waals surface area contributed by atoms with Crippen LogP contribution in [-0.4, -0.2) is 52.2 Å². The van der Waals surface area contributed by atoms with Crippen molar-refractivity contribution in [1.82, 2.24) is 5.32 Å². The molecule has 0 aromatic heterocycles. The minimum atomic E-state index is -0.431. The maximum absolute atomic E-state index is 12.0. The SMILES string of the molecule is NCCOCCOCCNC(=O)OCC1c2ccccc2-c2ccccc21. The van der Waals surface area contributed by atoms with E-state index in [9.17, 15) is 4.79 Å². The molecule has 0 atom stereocenters. The minimum absolute atomic E-state index is 0.0686. The quantitative estimate of drug-likeness (QED) is 0.628. The Bertz CT molecular complexity index is 705. The summed E-state index contributed by atoms with van der Waals surface area (Å²) < 4.78 is 16.0. The molecule has 0 unspecified atom stereocenters. The van der Waals surface area contributed by atoms with Crippen molar-refractivity contribution < 1.29 is 19.0 Å². The fourth-order valence-corrected chi connectivity index (χ4v) is 3.28. The Balaban J connectivity index is 1.42. The molecule has 0 heterocycles. The number of rotatable bonds is 10. The Morgan fingerprint density at radius 1 is 0.889 bits per heavy atom. The summed E-state index contributed by atoms with van der Waals surface area (Å²) in [6.45, 7) is 3.14. The molecule has 144 valence electrons. The van der Waals surface area contributed by atoms with Gasteiger partial charge in [0.05, 0.1) is 26.4 Å². The zero-order valence-corrected chi connectivity index (χ0v) is 15.4. The molecule has 0 spiro atoms. The van der Waals surface area contributed by atoms with E-state index in [0.29, 0.717) is 46.1 Å². The fraction of sp³-hybridized carbons (Fsp3) is 0.381. The molecule has 0 bridgehead atoms. The van der Waals surface area contributed by atoms with Gasteiger partial charge in [0.1, 0.15) is 6.61 Å². The summed E-state index contributed by atoms with van der Waals surface area (Å²) in [4.78, 5) is 12.0. The van der Waals surface area contributed by atoms with E-state index in [4.69, 9.17) is 19.9 Å². The monoisotopic (exact) mass is 370 g/mol. The largest absolute Gasteiger partial charge is 0.449 e. The van der Waals surface area contributed by atoms with Crippen LogP contribution in [0.1, 0.15) is 17.0 Å². The Morgan fingerprint density at radius 3 is 2.11 bits per heavy atom. The average Bonchev–Trinajstić information content (AvgIpc) is 3.02.